The largest absolute Gasteiger partial charge is 0.389 e. The fourth-order valence-corrected chi connectivity index (χ4v) is 2.79. The van der Waals surface area contributed by atoms with E-state index in [4.69, 9.17) is 19.4 Å². The maximum Gasteiger partial charge on any atom is 0.131 e. The number of halogens is 1. The minimum absolute atomic E-state index is 0.407. The Balaban J connectivity index is 2.23. The standard InChI is InChI=1S/C14H20BClN2O/c1-10(19)11-9-17-13(16)8-12(11)18-14(15)6-4-2-3-5-7-14/h8-10,19H,2-7H2,1H3,(H,17,18). The lowest BCUT2D eigenvalue weighted by Crippen LogP contribution is -2.38. The molecule has 1 heterocycles. The number of hydrogen-bond acceptors (Lipinski definition) is 3. The molecule has 1 aliphatic carbocycles. The van der Waals surface area contributed by atoms with Crippen molar-refractivity contribution in [3.8, 4) is 0 Å². The number of hydrogen-bond donors (Lipinski definition) is 2. The van der Waals surface area contributed by atoms with E-state index >= 15 is 0 Å². The van der Waals surface area contributed by atoms with Crippen molar-refractivity contribution in [2.24, 2.45) is 0 Å². The Morgan fingerprint density at radius 2 is 2.00 bits per heavy atom. The zero-order valence-corrected chi connectivity index (χ0v) is 12.1. The van der Waals surface area contributed by atoms with Gasteiger partial charge in [0.25, 0.3) is 0 Å². The van der Waals surface area contributed by atoms with Gasteiger partial charge < -0.3 is 10.4 Å². The number of nitrogens with one attached hydrogen (secondary N) is 1. The number of aliphatic hydroxyl groups excluding tert-OH is 1. The van der Waals surface area contributed by atoms with Crippen LogP contribution in [0.3, 0.4) is 0 Å². The first-order valence-electron chi connectivity index (χ1n) is 6.91. The molecule has 0 amide bonds. The summed E-state index contributed by atoms with van der Waals surface area (Å²) in [6, 6.07) is 1.74. The smallest absolute Gasteiger partial charge is 0.131 e. The van der Waals surface area contributed by atoms with Crippen LogP contribution < -0.4 is 5.32 Å². The van der Waals surface area contributed by atoms with E-state index in [1.54, 1.807) is 19.2 Å². The van der Waals surface area contributed by atoms with Crippen LogP contribution in [0.5, 0.6) is 0 Å². The lowest BCUT2D eigenvalue weighted by Gasteiger charge is -2.33. The predicted molar refractivity (Wildman–Crippen MR) is 79.7 cm³/mol. The zero-order chi connectivity index (χ0) is 13.9. The molecule has 0 saturated heterocycles. The Kier molecular flexibility index (Phi) is 4.74. The average molecular weight is 279 g/mol. The van der Waals surface area contributed by atoms with Crippen molar-refractivity contribution in [3.05, 3.63) is 23.0 Å². The molecule has 1 aliphatic rings. The van der Waals surface area contributed by atoms with Crippen molar-refractivity contribution >= 4 is 25.1 Å². The maximum atomic E-state index is 9.80. The summed E-state index contributed by atoms with van der Waals surface area (Å²) in [7, 11) is 6.45. The fraction of sp³-hybridized carbons (Fsp3) is 0.643. The highest BCUT2D eigenvalue weighted by atomic mass is 35.5. The first kappa shape index (κ1) is 14.7. The Morgan fingerprint density at radius 1 is 1.37 bits per heavy atom. The number of pyridine rings is 1. The first-order valence-corrected chi connectivity index (χ1v) is 7.28. The third kappa shape index (κ3) is 3.86. The Hall–Kier alpha value is -0.735. The lowest BCUT2D eigenvalue weighted by molar-refractivity contribution is 0.199. The quantitative estimate of drug-likeness (QED) is 0.506. The van der Waals surface area contributed by atoms with E-state index in [1.165, 1.54) is 12.8 Å². The molecule has 2 radical (unpaired) electrons. The minimum Gasteiger partial charge on any atom is -0.389 e. The van der Waals surface area contributed by atoms with Crippen LogP contribution in [0.4, 0.5) is 5.69 Å². The number of aromatic nitrogens is 1. The van der Waals surface area contributed by atoms with Crippen LogP contribution in [0.25, 0.3) is 0 Å². The van der Waals surface area contributed by atoms with Gasteiger partial charge in [-0.2, -0.15) is 0 Å². The van der Waals surface area contributed by atoms with Gasteiger partial charge in [0.15, 0.2) is 0 Å². The maximum absolute atomic E-state index is 9.80. The normalized spacial score (nSPS) is 20.6. The highest BCUT2D eigenvalue weighted by molar-refractivity contribution is 6.29. The summed E-state index contributed by atoms with van der Waals surface area (Å²) in [4.78, 5) is 4.02. The van der Waals surface area contributed by atoms with Gasteiger partial charge >= 0.3 is 0 Å². The van der Waals surface area contributed by atoms with Gasteiger partial charge in [-0.3, -0.25) is 0 Å². The molecule has 0 aliphatic heterocycles. The topological polar surface area (TPSA) is 45.2 Å². The lowest BCUT2D eigenvalue weighted by atomic mass is 9.71. The third-order valence-corrected chi connectivity index (χ3v) is 3.94. The molecule has 1 aromatic rings. The summed E-state index contributed by atoms with van der Waals surface area (Å²) in [5, 5.41) is 13.6. The average Bonchev–Trinajstić information content (AvgIpc) is 2.53. The van der Waals surface area contributed by atoms with Gasteiger partial charge in [-0.15, -0.1) is 0 Å². The highest BCUT2D eigenvalue weighted by Crippen LogP contribution is 2.32. The molecule has 19 heavy (non-hydrogen) atoms. The molecule has 1 aromatic heterocycles. The third-order valence-electron chi connectivity index (χ3n) is 3.73. The van der Waals surface area contributed by atoms with E-state index in [-0.39, 0.29) is 0 Å². The molecule has 1 unspecified atom stereocenters. The number of nitrogens with zero attached hydrogens (tertiary/aromatic N) is 1. The van der Waals surface area contributed by atoms with E-state index in [0.29, 0.717) is 5.15 Å². The van der Waals surface area contributed by atoms with Gasteiger partial charge in [0.1, 0.15) is 13.0 Å². The number of rotatable bonds is 3. The second-order valence-electron chi connectivity index (χ2n) is 5.47. The van der Waals surface area contributed by atoms with Crippen LogP contribution in [0.1, 0.15) is 57.1 Å². The molecular formula is C14H20BClN2O. The van der Waals surface area contributed by atoms with E-state index in [1.807, 2.05) is 0 Å². The SMILES string of the molecule is [B]C1(Nc2cc(Cl)ncc2C(C)O)CCCCCC1. The predicted octanol–water partition coefficient (Wildman–Crippen LogP) is 3.42. The molecule has 3 nitrogen and oxygen atoms in total. The van der Waals surface area contributed by atoms with Crippen molar-refractivity contribution in [3.63, 3.8) is 0 Å². The molecule has 2 rings (SSSR count). The van der Waals surface area contributed by atoms with E-state index in [0.717, 1.165) is 36.9 Å². The Labute approximate surface area is 121 Å². The van der Waals surface area contributed by atoms with E-state index < -0.39 is 11.5 Å². The summed E-state index contributed by atoms with van der Waals surface area (Å²) < 4.78 is 0. The van der Waals surface area contributed by atoms with Crippen LogP contribution in [-0.2, 0) is 0 Å². The van der Waals surface area contributed by atoms with Crippen molar-refractivity contribution in [2.45, 2.75) is 57.0 Å². The monoisotopic (exact) mass is 278 g/mol. The molecule has 2 N–H and O–H groups in total. The molecule has 5 heteroatoms. The van der Waals surface area contributed by atoms with E-state index in [9.17, 15) is 5.11 Å². The van der Waals surface area contributed by atoms with Gasteiger partial charge in [0, 0.05) is 17.4 Å². The number of aliphatic hydroxyl groups is 1. The van der Waals surface area contributed by atoms with Gasteiger partial charge in [-0.05, 0) is 31.3 Å². The van der Waals surface area contributed by atoms with Crippen molar-refractivity contribution in [2.75, 3.05) is 5.32 Å². The molecule has 1 atom stereocenters. The first-order chi connectivity index (χ1) is 9.00. The summed E-state index contributed by atoms with van der Waals surface area (Å²) in [6.07, 6.45) is 7.62. The van der Waals surface area contributed by atoms with Crippen LogP contribution in [-0.4, -0.2) is 23.4 Å². The van der Waals surface area contributed by atoms with E-state index in [2.05, 4.69) is 10.3 Å². The molecular weight excluding hydrogens is 258 g/mol. The molecule has 0 bridgehead atoms. The number of anilines is 1. The molecule has 1 saturated carbocycles. The molecule has 1 fully saturated rings. The van der Waals surface area contributed by atoms with Crippen molar-refractivity contribution in [1.82, 2.24) is 4.98 Å². The molecule has 102 valence electrons. The highest BCUT2D eigenvalue weighted by Gasteiger charge is 2.26. The zero-order valence-electron chi connectivity index (χ0n) is 11.3. The van der Waals surface area contributed by atoms with Crippen LogP contribution in [0.15, 0.2) is 12.3 Å². The summed E-state index contributed by atoms with van der Waals surface area (Å²) in [5.74, 6) is 0. The Bertz CT molecular complexity index is 431. The molecule has 0 spiro atoms. The summed E-state index contributed by atoms with van der Waals surface area (Å²) in [5.41, 5.74) is 1.11. The van der Waals surface area contributed by atoms with Crippen LogP contribution in [0, 0.1) is 0 Å². The van der Waals surface area contributed by atoms with Crippen LogP contribution >= 0.6 is 11.6 Å². The van der Waals surface area contributed by atoms with Gasteiger partial charge in [-0.1, -0.05) is 37.3 Å². The van der Waals surface area contributed by atoms with Crippen molar-refractivity contribution < 1.29 is 5.11 Å². The fourth-order valence-electron chi connectivity index (χ4n) is 2.63. The Morgan fingerprint density at radius 3 is 2.58 bits per heavy atom. The van der Waals surface area contributed by atoms with Crippen LogP contribution in [0.2, 0.25) is 5.15 Å². The summed E-state index contributed by atoms with van der Waals surface area (Å²) in [6.45, 7) is 1.71. The van der Waals surface area contributed by atoms with Gasteiger partial charge in [-0.25, -0.2) is 4.98 Å². The van der Waals surface area contributed by atoms with Crippen molar-refractivity contribution in [1.29, 1.82) is 0 Å². The second kappa shape index (κ2) is 6.14. The minimum atomic E-state index is -0.596. The summed E-state index contributed by atoms with van der Waals surface area (Å²) >= 11 is 5.94. The second-order valence-corrected chi connectivity index (χ2v) is 5.85. The molecule has 0 aromatic carbocycles. The van der Waals surface area contributed by atoms with Gasteiger partial charge in [0.05, 0.1) is 6.10 Å². The van der Waals surface area contributed by atoms with Gasteiger partial charge in [0.2, 0.25) is 0 Å².